The largest absolute Gasteiger partial charge is 0.463 e. The third kappa shape index (κ3) is 5.17. The van der Waals surface area contributed by atoms with Crippen molar-refractivity contribution in [1.29, 1.82) is 0 Å². The van der Waals surface area contributed by atoms with Crippen molar-refractivity contribution in [2.75, 3.05) is 13.7 Å². The highest BCUT2D eigenvalue weighted by Crippen LogP contribution is 2.16. The highest BCUT2D eigenvalue weighted by atomic mass is 16.5. The van der Waals surface area contributed by atoms with Crippen LogP contribution in [0, 0.1) is 5.92 Å². The molecule has 0 radical (unpaired) electrons. The molecule has 1 rings (SSSR count). The Morgan fingerprint density at radius 3 is 2.50 bits per heavy atom. The number of benzene rings is 1. The van der Waals surface area contributed by atoms with Crippen molar-refractivity contribution in [2.45, 2.75) is 33.3 Å². The Hall–Kier alpha value is -1.61. The van der Waals surface area contributed by atoms with Crippen molar-refractivity contribution in [3.8, 4) is 0 Å². The van der Waals surface area contributed by atoms with Gasteiger partial charge in [0, 0.05) is 18.6 Å². The molecule has 3 nitrogen and oxygen atoms in total. The van der Waals surface area contributed by atoms with E-state index in [1.54, 1.807) is 14.0 Å². The molecule has 0 amide bonds. The highest BCUT2D eigenvalue weighted by Gasteiger charge is 2.17. The van der Waals surface area contributed by atoms with Crippen LogP contribution in [0.25, 0.3) is 0 Å². The fraction of sp³-hybridized carbons (Fsp3) is 0.471. The molecule has 0 heterocycles. The average Bonchev–Trinajstić information content (AvgIpc) is 2.45. The van der Waals surface area contributed by atoms with Gasteiger partial charge in [-0.25, -0.2) is 4.79 Å². The van der Waals surface area contributed by atoms with Gasteiger partial charge in [-0.05, 0) is 25.8 Å². The SMILES string of the molecule is CCOC(=O)/C(C)=C/[C@H](C)[C@H](Cc1ccccc1)OC. The molecule has 0 spiro atoms. The van der Waals surface area contributed by atoms with E-state index in [4.69, 9.17) is 9.47 Å². The van der Waals surface area contributed by atoms with E-state index >= 15 is 0 Å². The summed E-state index contributed by atoms with van der Waals surface area (Å²) < 4.78 is 10.5. The first-order chi connectivity index (χ1) is 9.58. The van der Waals surface area contributed by atoms with Gasteiger partial charge in [0.25, 0.3) is 0 Å². The van der Waals surface area contributed by atoms with E-state index < -0.39 is 0 Å². The van der Waals surface area contributed by atoms with Crippen LogP contribution in [0.4, 0.5) is 0 Å². The maximum absolute atomic E-state index is 11.6. The average molecular weight is 276 g/mol. The summed E-state index contributed by atoms with van der Waals surface area (Å²) in [4.78, 5) is 11.6. The molecule has 20 heavy (non-hydrogen) atoms. The van der Waals surface area contributed by atoms with Crippen molar-refractivity contribution in [3.05, 3.63) is 47.5 Å². The zero-order valence-electron chi connectivity index (χ0n) is 12.8. The minimum Gasteiger partial charge on any atom is -0.463 e. The summed E-state index contributed by atoms with van der Waals surface area (Å²) in [6.45, 7) is 6.04. The first kappa shape index (κ1) is 16.4. The predicted molar refractivity (Wildman–Crippen MR) is 80.5 cm³/mol. The number of carbonyl (C=O) groups is 1. The maximum Gasteiger partial charge on any atom is 0.333 e. The zero-order chi connectivity index (χ0) is 15.0. The maximum atomic E-state index is 11.6. The normalized spacial score (nSPS) is 14.7. The summed E-state index contributed by atoms with van der Waals surface area (Å²) in [7, 11) is 1.71. The quantitative estimate of drug-likeness (QED) is 0.565. The van der Waals surface area contributed by atoms with Crippen LogP contribution in [-0.2, 0) is 20.7 Å². The highest BCUT2D eigenvalue weighted by molar-refractivity contribution is 5.87. The summed E-state index contributed by atoms with van der Waals surface area (Å²) in [6, 6.07) is 10.2. The Bertz CT molecular complexity index is 437. The number of carbonyl (C=O) groups excluding carboxylic acids is 1. The zero-order valence-corrected chi connectivity index (χ0v) is 12.8. The van der Waals surface area contributed by atoms with Gasteiger partial charge in [0.15, 0.2) is 0 Å². The number of ether oxygens (including phenoxy) is 2. The third-order valence-corrected chi connectivity index (χ3v) is 3.28. The van der Waals surface area contributed by atoms with E-state index in [0.717, 1.165) is 6.42 Å². The van der Waals surface area contributed by atoms with Crippen LogP contribution in [0.15, 0.2) is 42.0 Å². The van der Waals surface area contributed by atoms with E-state index in [-0.39, 0.29) is 18.0 Å². The lowest BCUT2D eigenvalue weighted by Crippen LogP contribution is -2.22. The summed E-state index contributed by atoms with van der Waals surface area (Å²) in [5.41, 5.74) is 1.86. The van der Waals surface area contributed by atoms with E-state index in [2.05, 4.69) is 19.1 Å². The van der Waals surface area contributed by atoms with E-state index in [1.807, 2.05) is 31.2 Å². The van der Waals surface area contributed by atoms with Crippen molar-refractivity contribution in [1.82, 2.24) is 0 Å². The molecule has 0 aliphatic rings. The van der Waals surface area contributed by atoms with Crippen LogP contribution in [0.5, 0.6) is 0 Å². The molecule has 0 saturated carbocycles. The van der Waals surface area contributed by atoms with Crippen molar-refractivity contribution >= 4 is 5.97 Å². The molecule has 0 N–H and O–H groups in total. The predicted octanol–water partition coefficient (Wildman–Crippen LogP) is 3.39. The fourth-order valence-corrected chi connectivity index (χ4v) is 2.14. The van der Waals surface area contributed by atoms with Crippen LogP contribution >= 0.6 is 0 Å². The second kappa shape index (κ2) is 8.54. The second-order valence-electron chi connectivity index (χ2n) is 4.89. The van der Waals surface area contributed by atoms with Gasteiger partial charge < -0.3 is 9.47 Å². The molecule has 110 valence electrons. The lowest BCUT2D eigenvalue weighted by atomic mass is 9.95. The Balaban J connectivity index is 2.69. The van der Waals surface area contributed by atoms with E-state index in [1.165, 1.54) is 5.56 Å². The van der Waals surface area contributed by atoms with Crippen LogP contribution in [0.2, 0.25) is 0 Å². The Kier molecular flexibility index (Phi) is 7.02. The number of rotatable bonds is 7. The minimum absolute atomic E-state index is 0.0433. The van der Waals surface area contributed by atoms with Crippen molar-refractivity contribution < 1.29 is 14.3 Å². The van der Waals surface area contributed by atoms with Gasteiger partial charge in [-0.15, -0.1) is 0 Å². The monoisotopic (exact) mass is 276 g/mol. The fourth-order valence-electron chi connectivity index (χ4n) is 2.14. The van der Waals surface area contributed by atoms with Gasteiger partial charge in [0.1, 0.15) is 0 Å². The Labute approximate surface area is 121 Å². The molecule has 3 heteroatoms. The summed E-state index contributed by atoms with van der Waals surface area (Å²) >= 11 is 0. The Morgan fingerprint density at radius 2 is 1.95 bits per heavy atom. The van der Waals surface area contributed by atoms with Gasteiger partial charge in [-0.3, -0.25) is 0 Å². The summed E-state index contributed by atoms with van der Waals surface area (Å²) in [5.74, 6) is -0.112. The number of hydrogen-bond acceptors (Lipinski definition) is 3. The molecule has 2 atom stereocenters. The molecule has 0 fully saturated rings. The van der Waals surface area contributed by atoms with Crippen LogP contribution < -0.4 is 0 Å². The lowest BCUT2D eigenvalue weighted by molar-refractivity contribution is -0.138. The van der Waals surface area contributed by atoms with Gasteiger partial charge in [-0.1, -0.05) is 43.3 Å². The second-order valence-corrected chi connectivity index (χ2v) is 4.89. The van der Waals surface area contributed by atoms with Gasteiger partial charge in [0.2, 0.25) is 0 Å². The molecule has 1 aromatic carbocycles. The third-order valence-electron chi connectivity index (χ3n) is 3.28. The molecule has 0 unspecified atom stereocenters. The molecule has 1 aromatic rings. The van der Waals surface area contributed by atoms with Crippen molar-refractivity contribution in [3.63, 3.8) is 0 Å². The van der Waals surface area contributed by atoms with Crippen molar-refractivity contribution in [2.24, 2.45) is 5.92 Å². The van der Waals surface area contributed by atoms with Crippen LogP contribution in [-0.4, -0.2) is 25.8 Å². The van der Waals surface area contributed by atoms with Gasteiger partial charge in [0.05, 0.1) is 12.7 Å². The minimum atomic E-state index is -0.256. The van der Waals surface area contributed by atoms with Crippen LogP contribution in [0.1, 0.15) is 26.3 Å². The molecule has 0 aliphatic heterocycles. The molecular formula is C17H24O3. The molecule has 0 aromatic heterocycles. The standard InChI is InChI=1S/C17H24O3/c1-5-20-17(18)14(3)11-13(2)16(19-4)12-15-9-7-6-8-10-15/h6-11,13,16H,5,12H2,1-4H3/b14-11+/t13-,16-/m0/s1. The Morgan fingerprint density at radius 1 is 1.30 bits per heavy atom. The first-order valence-electron chi connectivity index (χ1n) is 7.00. The number of hydrogen-bond donors (Lipinski definition) is 0. The van der Waals surface area contributed by atoms with Gasteiger partial charge >= 0.3 is 5.97 Å². The molecule has 0 bridgehead atoms. The summed E-state index contributed by atoms with van der Waals surface area (Å²) in [5, 5.41) is 0. The molecule has 0 saturated heterocycles. The lowest BCUT2D eigenvalue weighted by Gasteiger charge is -2.20. The number of esters is 1. The number of methoxy groups -OCH3 is 1. The van der Waals surface area contributed by atoms with E-state index in [9.17, 15) is 4.79 Å². The molecular weight excluding hydrogens is 252 g/mol. The van der Waals surface area contributed by atoms with E-state index in [0.29, 0.717) is 12.2 Å². The first-order valence-corrected chi connectivity index (χ1v) is 7.00. The van der Waals surface area contributed by atoms with Gasteiger partial charge in [-0.2, -0.15) is 0 Å². The topological polar surface area (TPSA) is 35.5 Å². The smallest absolute Gasteiger partial charge is 0.333 e. The van der Waals surface area contributed by atoms with Crippen LogP contribution in [0.3, 0.4) is 0 Å². The molecule has 0 aliphatic carbocycles. The summed E-state index contributed by atoms with van der Waals surface area (Å²) in [6.07, 6.45) is 2.79.